The summed E-state index contributed by atoms with van der Waals surface area (Å²) >= 11 is 1.70. The molecule has 2 amide bonds. The Morgan fingerprint density at radius 1 is 1.32 bits per heavy atom. The highest BCUT2D eigenvalue weighted by atomic mass is 32.1. The van der Waals surface area contributed by atoms with Gasteiger partial charge in [0.05, 0.1) is 36.2 Å². The van der Waals surface area contributed by atoms with Crippen LogP contribution in [-0.2, 0) is 10.3 Å². The number of piperidine rings is 2. The lowest BCUT2D eigenvalue weighted by atomic mass is 9.71. The molecule has 3 saturated heterocycles. The predicted molar refractivity (Wildman–Crippen MR) is 109 cm³/mol. The molecule has 3 aliphatic heterocycles. The highest BCUT2D eigenvalue weighted by Gasteiger charge is 2.51. The van der Waals surface area contributed by atoms with Gasteiger partial charge in [-0.2, -0.15) is 0 Å². The molecule has 2 bridgehead atoms. The van der Waals surface area contributed by atoms with E-state index in [2.05, 4.69) is 11.0 Å². The van der Waals surface area contributed by atoms with Crippen LogP contribution in [0.25, 0.3) is 10.2 Å². The lowest BCUT2D eigenvalue weighted by Gasteiger charge is -2.52. The monoisotopic (exact) mass is 402 g/mol. The molecule has 4 aliphatic rings. The van der Waals surface area contributed by atoms with Crippen LogP contribution < -0.4 is 15.4 Å². The van der Waals surface area contributed by atoms with Crippen LogP contribution in [0.5, 0.6) is 5.75 Å². The molecular formula is C20H26N4O3S. The number of thiazole rings is 1. The van der Waals surface area contributed by atoms with Crippen molar-refractivity contribution in [2.45, 2.75) is 31.2 Å². The summed E-state index contributed by atoms with van der Waals surface area (Å²) in [5, 5.41) is 0.999. The maximum absolute atomic E-state index is 12.3. The minimum atomic E-state index is -0.364. The molecule has 2 aromatic rings. The number of hydrogen-bond donors (Lipinski definition) is 1. The fourth-order valence-corrected chi connectivity index (χ4v) is 6.44. The third-order valence-electron chi connectivity index (χ3n) is 6.61. The average Bonchev–Trinajstić information content (AvgIpc) is 3.20. The van der Waals surface area contributed by atoms with Crippen LogP contribution in [0.15, 0.2) is 12.1 Å². The molecule has 4 heterocycles. The highest BCUT2D eigenvalue weighted by Crippen LogP contribution is 2.52. The van der Waals surface area contributed by atoms with Gasteiger partial charge in [0.25, 0.3) is 0 Å². The van der Waals surface area contributed by atoms with Crippen LogP contribution in [0.3, 0.4) is 0 Å². The van der Waals surface area contributed by atoms with Gasteiger partial charge in [0.1, 0.15) is 16.3 Å². The van der Waals surface area contributed by atoms with Crippen molar-refractivity contribution in [3.63, 3.8) is 0 Å². The zero-order valence-corrected chi connectivity index (χ0v) is 17.0. The van der Waals surface area contributed by atoms with Gasteiger partial charge in [-0.15, -0.1) is 11.3 Å². The molecule has 1 aromatic carbocycles. The van der Waals surface area contributed by atoms with E-state index < -0.39 is 0 Å². The van der Waals surface area contributed by atoms with Crippen molar-refractivity contribution < 1.29 is 14.3 Å². The molecule has 6 rings (SSSR count). The number of urea groups is 1. The zero-order chi connectivity index (χ0) is 19.3. The van der Waals surface area contributed by atoms with Crippen LogP contribution in [0.4, 0.5) is 10.5 Å². The fourth-order valence-electron chi connectivity index (χ4n) is 5.06. The Kier molecular flexibility index (Phi) is 4.35. The van der Waals surface area contributed by atoms with E-state index in [9.17, 15) is 4.79 Å². The molecule has 1 aliphatic carbocycles. The molecule has 0 atom stereocenters. The minimum absolute atomic E-state index is 0.330. The first-order valence-corrected chi connectivity index (χ1v) is 10.8. The lowest BCUT2D eigenvalue weighted by Crippen LogP contribution is -2.59. The number of amides is 2. The summed E-state index contributed by atoms with van der Waals surface area (Å²) in [6.07, 6.45) is 4.14. The third-order valence-corrected chi connectivity index (χ3v) is 7.88. The van der Waals surface area contributed by atoms with Crippen molar-refractivity contribution in [2.75, 3.05) is 44.9 Å². The van der Waals surface area contributed by atoms with E-state index in [4.69, 9.17) is 20.2 Å². The molecule has 0 radical (unpaired) electrons. The maximum atomic E-state index is 12.3. The van der Waals surface area contributed by atoms with Gasteiger partial charge in [-0.1, -0.05) is 0 Å². The van der Waals surface area contributed by atoms with Gasteiger partial charge in [0, 0.05) is 19.6 Å². The van der Waals surface area contributed by atoms with Crippen LogP contribution >= 0.6 is 11.3 Å². The number of anilines is 1. The zero-order valence-electron chi connectivity index (χ0n) is 16.1. The second-order valence-corrected chi connectivity index (χ2v) is 9.01. The van der Waals surface area contributed by atoms with Crippen molar-refractivity contribution >= 4 is 33.3 Å². The summed E-state index contributed by atoms with van der Waals surface area (Å²) < 4.78 is 12.3. The largest absolute Gasteiger partial charge is 0.494 e. The van der Waals surface area contributed by atoms with Crippen molar-refractivity contribution in [3.05, 3.63) is 17.1 Å². The highest BCUT2D eigenvalue weighted by molar-refractivity contribution is 7.19. The number of morpholine rings is 1. The van der Waals surface area contributed by atoms with Crippen molar-refractivity contribution in [1.29, 1.82) is 0 Å². The number of nitrogens with zero attached hydrogens (tertiary/aromatic N) is 3. The molecule has 8 heteroatoms. The quantitative estimate of drug-likeness (QED) is 0.854. The molecule has 4 fully saturated rings. The fraction of sp³-hybridized carbons (Fsp3) is 0.600. The predicted octanol–water partition coefficient (Wildman–Crippen LogP) is 2.92. The lowest BCUT2D eigenvalue weighted by molar-refractivity contribution is -0.00402. The second kappa shape index (κ2) is 6.77. The third kappa shape index (κ3) is 2.65. The van der Waals surface area contributed by atoms with Gasteiger partial charge in [-0.25, -0.2) is 9.78 Å². The van der Waals surface area contributed by atoms with Crippen LogP contribution in [0.2, 0.25) is 0 Å². The normalized spacial score (nSPS) is 27.4. The number of rotatable bonds is 3. The number of hydrogen-bond acceptors (Lipinski definition) is 6. The Labute approximate surface area is 168 Å². The van der Waals surface area contributed by atoms with E-state index in [1.54, 1.807) is 18.4 Å². The van der Waals surface area contributed by atoms with E-state index in [-0.39, 0.29) is 11.6 Å². The van der Waals surface area contributed by atoms with Crippen LogP contribution in [0, 0.1) is 5.92 Å². The molecular weight excluding hydrogens is 376 g/mol. The van der Waals surface area contributed by atoms with E-state index in [1.807, 2.05) is 11.0 Å². The molecule has 1 saturated carbocycles. The van der Waals surface area contributed by atoms with Gasteiger partial charge in [0.15, 0.2) is 0 Å². The summed E-state index contributed by atoms with van der Waals surface area (Å²) in [4.78, 5) is 21.5. The molecule has 150 valence electrons. The minimum Gasteiger partial charge on any atom is -0.494 e. The van der Waals surface area contributed by atoms with Crippen LogP contribution in [0.1, 0.15) is 30.7 Å². The Balaban J connectivity index is 1.65. The number of benzene rings is 1. The first-order valence-electron chi connectivity index (χ1n) is 10.0. The van der Waals surface area contributed by atoms with Crippen molar-refractivity contribution in [2.24, 2.45) is 11.7 Å². The van der Waals surface area contributed by atoms with Gasteiger partial charge in [-0.3, -0.25) is 0 Å². The van der Waals surface area contributed by atoms with Gasteiger partial charge in [-0.05, 0) is 43.7 Å². The van der Waals surface area contributed by atoms with Crippen molar-refractivity contribution in [1.82, 2.24) is 9.88 Å². The number of ether oxygens (including phenoxy) is 2. The van der Waals surface area contributed by atoms with E-state index in [1.165, 1.54) is 5.69 Å². The molecule has 7 nitrogen and oxygen atoms in total. The first kappa shape index (κ1) is 18.0. The molecule has 0 spiro atoms. The number of nitrogens with two attached hydrogens (primary N) is 1. The summed E-state index contributed by atoms with van der Waals surface area (Å²) in [5.74, 6) is 1.35. The number of carbonyl (C=O) groups is 1. The summed E-state index contributed by atoms with van der Waals surface area (Å²) in [7, 11) is 1.68. The maximum Gasteiger partial charge on any atom is 0.315 e. The molecule has 2 N–H and O–H groups in total. The van der Waals surface area contributed by atoms with Crippen LogP contribution in [-0.4, -0.2) is 55.9 Å². The molecule has 1 aromatic heterocycles. The van der Waals surface area contributed by atoms with Crippen molar-refractivity contribution in [3.8, 4) is 5.75 Å². The standard InChI is InChI=1S/C20H26N4O3S/c1-26-15-3-2-14(23-8-10-27-11-9-23)17-16(15)22-18(28-17)20-6-4-13(5-7-20)12-24(20)19(21)25/h2-3,13H,4-12H2,1H3,(H2,21,25). The summed E-state index contributed by atoms with van der Waals surface area (Å²) in [5.41, 5.74) is 7.49. The van der Waals surface area contributed by atoms with E-state index in [0.717, 1.165) is 79.5 Å². The first-order chi connectivity index (χ1) is 13.6. The number of primary amides is 1. The molecule has 28 heavy (non-hydrogen) atoms. The van der Waals surface area contributed by atoms with Gasteiger partial charge < -0.3 is 25.0 Å². The SMILES string of the molecule is COc1ccc(N2CCOCC2)c2sc(C34CCC(CC3)CN4C(N)=O)nc12. The Bertz CT molecular complexity index is 900. The second-order valence-electron chi connectivity index (χ2n) is 8.01. The number of methoxy groups -OCH3 is 1. The smallest absolute Gasteiger partial charge is 0.315 e. The Hall–Kier alpha value is -2.06. The number of carbonyl (C=O) groups excluding carboxylic acids is 1. The van der Waals surface area contributed by atoms with Gasteiger partial charge >= 0.3 is 6.03 Å². The summed E-state index contributed by atoms with van der Waals surface area (Å²) in [6.45, 7) is 3.96. The molecule has 0 unspecified atom stereocenters. The Morgan fingerprint density at radius 2 is 2.07 bits per heavy atom. The topological polar surface area (TPSA) is 80.9 Å². The average molecular weight is 403 g/mol. The number of fused-ring (bicyclic) bond motifs is 4. The van der Waals surface area contributed by atoms with E-state index in [0.29, 0.717) is 5.92 Å². The van der Waals surface area contributed by atoms with E-state index >= 15 is 0 Å². The number of aromatic nitrogens is 1. The summed E-state index contributed by atoms with van der Waals surface area (Å²) in [6, 6.07) is 3.79. The van der Waals surface area contributed by atoms with Gasteiger partial charge in [0.2, 0.25) is 0 Å². The Morgan fingerprint density at radius 3 is 2.75 bits per heavy atom.